The van der Waals surface area contributed by atoms with Crippen LogP contribution in [0.4, 0.5) is 19.1 Å². The number of anilines is 1. The standard InChI is InChI=1S/C14H7ClF3N5O/c15-12-9(10-8(6-19)13(20)24-22-10)11(14(16,17)18)21-23(12)7-4-2-1-3-5-7/h1-5H,20H2. The summed E-state index contributed by atoms with van der Waals surface area (Å²) in [6.07, 6.45) is -4.82. The number of alkyl halides is 3. The van der Waals surface area contributed by atoms with Gasteiger partial charge >= 0.3 is 6.18 Å². The number of nitrogens with zero attached hydrogens (tertiary/aromatic N) is 4. The first-order chi connectivity index (χ1) is 11.3. The molecule has 2 N–H and O–H groups in total. The Balaban J connectivity index is 2.33. The van der Waals surface area contributed by atoms with E-state index in [0.29, 0.717) is 5.69 Å². The third-order valence-corrected chi connectivity index (χ3v) is 3.51. The Hall–Kier alpha value is -2.99. The highest BCUT2D eigenvalue weighted by atomic mass is 35.5. The number of aromatic nitrogens is 3. The molecule has 0 aliphatic carbocycles. The van der Waals surface area contributed by atoms with E-state index in [1.54, 1.807) is 24.3 Å². The normalized spacial score (nSPS) is 11.5. The Bertz CT molecular complexity index is 940. The second-order valence-corrected chi connectivity index (χ2v) is 5.00. The summed E-state index contributed by atoms with van der Waals surface area (Å²) in [7, 11) is 0. The lowest BCUT2D eigenvalue weighted by atomic mass is 10.1. The van der Waals surface area contributed by atoms with Gasteiger partial charge in [-0.1, -0.05) is 35.0 Å². The third kappa shape index (κ3) is 2.47. The number of halogens is 4. The van der Waals surface area contributed by atoms with Gasteiger partial charge < -0.3 is 10.3 Å². The molecule has 0 aliphatic heterocycles. The Morgan fingerprint density at radius 2 is 1.92 bits per heavy atom. The molecule has 24 heavy (non-hydrogen) atoms. The summed E-state index contributed by atoms with van der Waals surface area (Å²) in [5, 5.41) is 15.7. The molecule has 10 heteroatoms. The molecule has 0 unspecified atom stereocenters. The van der Waals surface area contributed by atoms with Crippen molar-refractivity contribution < 1.29 is 17.7 Å². The summed E-state index contributed by atoms with van der Waals surface area (Å²) in [5.41, 5.74) is 3.13. The predicted octanol–water partition coefficient (Wildman–Crippen LogP) is 3.65. The number of benzene rings is 1. The molecule has 0 amide bonds. The van der Waals surface area contributed by atoms with E-state index in [4.69, 9.17) is 22.6 Å². The van der Waals surface area contributed by atoms with Crippen LogP contribution in [-0.2, 0) is 6.18 Å². The lowest BCUT2D eigenvalue weighted by Gasteiger charge is -2.03. The summed E-state index contributed by atoms with van der Waals surface area (Å²) in [6, 6.07) is 9.65. The topological polar surface area (TPSA) is 93.7 Å². The first-order valence-corrected chi connectivity index (χ1v) is 6.79. The summed E-state index contributed by atoms with van der Waals surface area (Å²) in [6.45, 7) is 0. The van der Waals surface area contributed by atoms with Crippen LogP contribution in [0.3, 0.4) is 0 Å². The summed E-state index contributed by atoms with van der Waals surface area (Å²) >= 11 is 6.11. The van der Waals surface area contributed by atoms with Gasteiger partial charge in [0.15, 0.2) is 5.69 Å². The van der Waals surface area contributed by atoms with E-state index in [-0.39, 0.29) is 10.7 Å². The van der Waals surface area contributed by atoms with Gasteiger partial charge in [0, 0.05) is 0 Å². The lowest BCUT2D eigenvalue weighted by molar-refractivity contribution is -0.140. The van der Waals surface area contributed by atoms with Gasteiger partial charge in [-0.3, -0.25) is 0 Å². The second-order valence-electron chi connectivity index (χ2n) is 4.64. The van der Waals surface area contributed by atoms with Crippen LogP contribution >= 0.6 is 11.6 Å². The minimum Gasteiger partial charge on any atom is -0.366 e. The highest BCUT2D eigenvalue weighted by molar-refractivity contribution is 6.32. The molecule has 0 fully saturated rings. The molecule has 2 heterocycles. The van der Waals surface area contributed by atoms with Gasteiger partial charge in [-0.15, -0.1) is 0 Å². The molecule has 0 saturated heterocycles. The molecule has 122 valence electrons. The Morgan fingerprint density at radius 1 is 1.25 bits per heavy atom. The number of nitrogen functional groups attached to an aromatic ring is 1. The Labute approximate surface area is 137 Å². The highest BCUT2D eigenvalue weighted by Crippen LogP contribution is 2.42. The zero-order valence-corrected chi connectivity index (χ0v) is 12.4. The molecule has 3 rings (SSSR count). The van der Waals surface area contributed by atoms with Crippen molar-refractivity contribution in [3.63, 3.8) is 0 Å². The van der Waals surface area contributed by atoms with Crippen LogP contribution < -0.4 is 5.73 Å². The third-order valence-electron chi connectivity index (χ3n) is 3.17. The van der Waals surface area contributed by atoms with Crippen molar-refractivity contribution in [2.24, 2.45) is 0 Å². The van der Waals surface area contributed by atoms with E-state index < -0.39 is 29.0 Å². The van der Waals surface area contributed by atoms with Crippen molar-refractivity contribution in [2.75, 3.05) is 5.73 Å². The highest BCUT2D eigenvalue weighted by Gasteiger charge is 2.41. The summed E-state index contributed by atoms with van der Waals surface area (Å²) in [5.74, 6) is -0.399. The molecule has 0 radical (unpaired) electrons. The average molecular weight is 354 g/mol. The van der Waals surface area contributed by atoms with Crippen LogP contribution in [-0.4, -0.2) is 14.9 Å². The van der Waals surface area contributed by atoms with E-state index >= 15 is 0 Å². The zero-order chi connectivity index (χ0) is 17.5. The first kappa shape index (κ1) is 15.9. The quantitative estimate of drug-likeness (QED) is 0.758. The fourth-order valence-electron chi connectivity index (χ4n) is 2.13. The van der Waals surface area contributed by atoms with Gasteiger partial charge in [0.2, 0.25) is 5.88 Å². The molecule has 0 atom stereocenters. The van der Waals surface area contributed by atoms with Gasteiger partial charge in [0.1, 0.15) is 22.5 Å². The average Bonchev–Trinajstić information content (AvgIpc) is 3.07. The Kier molecular flexibility index (Phi) is 3.69. The van der Waals surface area contributed by atoms with Gasteiger partial charge in [-0.05, 0) is 12.1 Å². The van der Waals surface area contributed by atoms with E-state index in [9.17, 15) is 13.2 Å². The van der Waals surface area contributed by atoms with Crippen molar-refractivity contribution in [1.29, 1.82) is 5.26 Å². The number of nitrogens with two attached hydrogens (primary N) is 1. The first-order valence-electron chi connectivity index (χ1n) is 6.41. The molecule has 1 aromatic carbocycles. The van der Waals surface area contributed by atoms with Crippen LogP contribution in [0.2, 0.25) is 5.15 Å². The molecule has 3 aromatic rings. The summed E-state index contributed by atoms with van der Waals surface area (Å²) in [4.78, 5) is 0. The van der Waals surface area contributed by atoms with Gasteiger partial charge in [0.05, 0.1) is 11.3 Å². The molecular formula is C14H7ClF3N5O. The fraction of sp³-hybridized carbons (Fsp3) is 0.0714. The van der Waals surface area contributed by atoms with Crippen molar-refractivity contribution in [2.45, 2.75) is 6.18 Å². The SMILES string of the molecule is N#Cc1c(-c2c(C(F)(F)F)nn(-c3ccccc3)c2Cl)noc1N. The largest absolute Gasteiger partial charge is 0.435 e. The monoisotopic (exact) mass is 353 g/mol. The molecule has 0 spiro atoms. The van der Waals surface area contributed by atoms with Crippen LogP contribution in [0.1, 0.15) is 11.3 Å². The minimum absolute atomic E-state index is 0.314. The van der Waals surface area contributed by atoms with Gasteiger partial charge in [-0.25, -0.2) is 4.68 Å². The lowest BCUT2D eigenvalue weighted by Crippen LogP contribution is -2.09. The predicted molar refractivity (Wildman–Crippen MR) is 78.2 cm³/mol. The maximum Gasteiger partial charge on any atom is 0.435 e. The number of hydrogen-bond donors (Lipinski definition) is 1. The summed E-state index contributed by atoms with van der Waals surface area (Å²) < 4.78 is 45.7. The smallest absolute Gasteiger partial charge is 0.366 e. The van der Waals surface area contributed by atoms with Crippen LogP contribution in [0.15, 0.2) is 34.9 Å². The van der Waals surface area contributed by atoms with Gasteiger partial charge in [0.25, 0.3) is 0 Å². The molecule has 0 saturated carbocycles. The Morgan fingerprint density at radius 3 is 2.50 bits per heavy atom. The fourth-order valence-corrected chi connectivity index (χ4v) is 2.44. The van der Waals surface area contributed by atoms with Crippen molar-refractivity contribution in [1.82, 2.24) is 14.9 Å². The van der Waals surface area contributed by atoms with Crippen molar-refractivity contribution in [3.05, 3.63) is 46.7 Å². The number of nitriles is 1. The molecular weight excluding hydrogens is 347 g/mol. The van der Waals surface area contributed by atoms with E-state index in [1.165, 1.54) is 12.1 Å². The maximum absolute atomic E-state index is 13.4. The van der Waals surface area contributed by atoms with E-state index in [2.05, 4.69) is 14.8 Å². The van der Waals surface area contributed by atoms with E-state index in [0.717, 1.165) is 4.68 Å². The van der Waals surface area contributed by atoms with Crippen molar-refractivity contribution >= 4 is 17.5 Å². The number of para-hydroxylation sites is 1. The second kappa shape index (κ2) is 5.58. The van der Waals surface area contributed by atoms with Crippen LogP contribution in [0.5, 0.6) is 0 Å². The van der Waals surface area contributed by atoms with Crippen molar-refractivity contribution in [3.8, 4) is 23.0 Å². The maximum atomic E-state index is 13.4. The molecule has 2 aromatic heterocycles. The molecule has 0 aliphatic rings. The molecule has 0 bridgehead atoms. The molecule has 6 nitrogen and oxygen atoms in total. The minimum atomic E-state index is -4.82. The van der Waals surface area contributed by atoms with E-state index in [1.807, 2.05) is 0 Å². The van der Waals surface area contributed by atoms with Gasteiger partial charge in [-0.2, -0.15) is 23.5 Å². The number of hydrogen-bond acceptors (Lipinski definition) is 5. The van der Waals surface area contributed by atoms with Crippen LogP contribution in [0, 0.1) is 11.3 Å². The zero-order valence-electron chi connectivity index (χ0n) is 11.7. The number of rotatable bonds is 2. The van der Waals surface area contributed by atoms with Crippen LogP contribution in [0.25, 0.3) is 16.9 Å².